The zero-order chi connectivity index (χ0) is 16.8. The molecule has 1 aromatic heterocycles. The number of nitrogens with two attached hydrogens (primary N) is 1. The first-order valence-electron chi connectivity index (χ1n) is 8.23. The molecular weight excluding hydrogens is 302 g/mol. The summed E-state index contributed by atoms with van der Waals surface area (Å²) in [5, 5.41) is 2.93. The summed E-state index contributed by atoms with van der Waals surface area (Å²) < 4.78 is 0. The molecule has 1 saturated heterocycles. The Morgan fingerprint density at radius 2 is 1.96 bits per heavy atom. The molecule has 2 amide bonds. The maximum atomic E-state index is 12.3. The van der Waals surface area contributed by atoms with Gasteiger partial charge in [-0.05, 0) is 29.8 Å². The summed E-state index contributed by atoms with van der Waals surface area (Å²) in [7, 11) is 0. The highest BCUT2D eigenvalue weighted by atomic mass is 16.2. The summed E-state index contributed by atoms with van der Waals surface area (Å²) in [5.74, 6) is 0. The minimum atomic E-state index is -0.0315. The van der Waals surface area contributed by atoms with Crippen LogP contribution in [-0.2, 0) is 13.1 Å². The number of nitrogens with one attached hydrogen (secondary N) is 1. The van der Waals surface area contributed by atoms with Crippen molar-refractivity contribution >= 4 is 11.7 Å². The summed E-state index contributed by atoms with van der Waals surface area (Å²) >= 11 is 0. The molecule has 3 N–H and O–H groups in total. The van der Waals surface area contributed by atoms with Gasteiger partial charge in [0, 0.05) is 44.6 Å². The molecule has 6 heteroatoms. The Morgan fingerprint density at radius 3 is 2.67 bits per heavy atom. The third kappa shape index (κ3) is 4.02. The van der Waals surface area contributed by atoms with Gasteiger partial charge in [0.15, 0.2) is 0 Å². The second-order valence-electron chi connectivity index (χ2n) is 5.83. The van der Waals surface area contributed by atoms with Gasteiger partial charge in [-0.3, -0.25) is 4.98 Å². The van der Waals surface area contributed by atoms with E-state index in [9.17, 15) is 4.79 Å². The number of carbonyl (C=O) groups is 1. The van der Waals surface area contributed by atoms with Crippen LogP contribution in [0.4, 0.5) is 10.5 Å². The molecule has 126 valence electrons. The molecule has 3 rings (SSSR count). The molecule has 0 spiro atoms. The molecular formula is C18H23N5O. The van der Waals surface area contributed by atoms with E-state index in [-0.39, 0.29) is 6.03 Å². The van der Waals surface area contributed by atoms with Crippen molar-refractivity contribution in [2.75, 3.05) is 31.1 Å². The molecule has 24 heavy (non-hydrogen) atoms. The van der Waals surface area contributed by atoms with Crippen LogP contribution in [0, 0.1) is 0 Å². The summed E-state index contributed by atoms with van der Waals surface area (Å²) in [5.41, 5.74) is 8.87. The van der Waals surface area contributed by atoms with E-state index in [0.717, 1.165) is 24.3 Å². The Labute approximate surface area is 142 Å². The number of urea groups is 1. The number of anilines is 1. The van der Waals surface area contributed by atoms with E-state index in [0.29, 0.717) is 26.2 Å². The number of aromatic nitrogens is 1. The third-order valence-corrected chi connectivity index (χ3v) is 4.23. The molecule has 2 heterocycles. The van der Waals surface area contributed by atoms with Crippen molar-refractivity contribution in [2.45, 2.75) is 13.1 Å². The van der Waals surface area contributed by atoms with Crippen molar-refractivity contribution in [1.29, 1.82) is 0 Å². The van der Waals surface area contributed by atoms with Gasteiger partial charge in [-0.1, -0.05) is 18.2 Å². The SMILES string of the molecule is NCc1cccc(N2CCN(C(=O)NCc3ccccn3)CC2)c1. The fourth-order valence-electron chi connectivity index (χ4n) is 2.83. The monoisotopic (exact) mass is 325 g/mol. The van der Waals surface area contributed by atoms with Crippen LogP contribution in [0.1, 0.15) is 11.3 Å². The lowest BCUT2D eigenvalue weighted by Crippen LogP contribution is -2.51. The number of rotatable bonds is 4. The number of hydrogen-bond donors (Lipinski definition) is 2. The Morgan fingerprint density at radius 1 is 1.12 bits per heavy atom. The zero-order valence-electron chi connectivity index (χ0n) is 13.7. The molecule has 0 aliphatic carbocycles. The number of carbonyl (C=O) groups excluding carboxylic acids is 1. The highest BCUT2D eigenvalue weighted by Crippen LogP contribution is 2.18. The van der Waals surface area contributed by atoms with Crippen LogP contribution in [0.15, 0.2) is 48.7 Å². The van der Waals surface area contributed by atoms with E-state index in [1.165, 1.54) is 5.69 Å². The van der Waals surface area contributed by atoms with Crippen LogP contribution in [0.3, 0.4) is 0 Å². The molecule has 1 aliphatic rings. The lowest BCUT2D eigenvalue weighted by atomic mass is 10.1. The fraction of sp³-hybridized carbons (Fsp3) is 0.333. The Balaban J connectivity index is 1.50. The zero-order valence-corrected chi connectivity index (χ0v) is 13.7. The minimum absolute atomic E-state index is 0.0315. The fourth-order valence-corrected chi connectivity index (χ4v) is 2.83. The van der Waals surface area contributed by atoms with Crippen LogP contribution < -0.4 is 16.0 Å². The summed E-state index contributed by atoms with van der Waals surface area (Å²) in [6.45, 7) is 4.07. The van der Waals surface area contributed by atoms with Gasteiger partial charge >= 0.3 is 6.03 Å². The maximum Gasteiger partial charge on any atom is 0.317 e. The van der Waals surface area contributed by atoms with Gasteiger partial charge in [0.05, 0.1) is 12.2 Å². The van der Waals surface area contributed by atoms with Crippen LogP contribution >= 0.6 is 0 Å². The highest BCUT2D eigenvalue weighted by Gasteiger charge is 2.21. The predicted molar refractivity (Wildman–Crippen MR) is 94.6 cm³/mol. The molecule has 0 bridgehead atoms. The molecule has 1 aliphatic heterocycles. The van der Waals surface area contributed by atoms with Gasteiger partial charge in [-0.25, -0.2) is 4.79 Å². The van der Waals surface area contributed by atoms with Crippen molar-refractivity contribution in [3.63, 3.8) is 0 Å². The largest absolute Gasteiger partial charge is 0.368 e. The van der Waals surface area contributed by atoms with Gasteiger partial charge < -0.3 is 20.9 Å². The van der Waals surface area contributed by atoms with Crippen molar-refractivity contribution in [1.82, 2.24) is 15.2 Å². The van der Waals surface area contributed by atoms with Crippen molar-refractivity contribution < 1.29 is 4.79 Å². The first-order valence-corrected chi connectivity index (χ1v) is 8.23. The van der Waals surface area contributed by atoms with Gasteiger partial charge in [-0.2, -0.15) is 0 Å². The van der Waals surface area contributed by atoms with E-state index in [1.807, 2.05) is 35.2 Å². The Kier molecular flexibility index (Phi) is 5.28. The summed E-state index contributed by atoms with van der Waals surface area (Å²) in [4.78, 5) is 20.6. The number of hydrogen-bond acceptors (Lipinski definition) is 4. The lowest BCUT2D eigenvalue weighted by Gasteiger charge is -2.36. The minimum Gasteiger partial charge on any atom is -0.368 e. The van der Waals surface area contributed by atoms with Gasteiger partial charge in [0.1, 0.15) is 0 Å². The molecule has 0 saturated carbocycles. The van der Waals surface area contributed by atoms with E-state index in [1.54, 1.807) is 6.20 Å². The van der Waals surface area contributed by atoms with Crippen LogP contribution in [0.2, 0.25) is 0 Å². The number of piperazine rings is 1. The van der Waals surface area contributed by atoms with Crippen LogP contribution in [0.25, 0.3) is 0 Å². The van der Waals surface area contributed by atoms with Gasteiger partial charge in [0.2, 0.25) is 0 Å². The topological polar surface area (TPSA) is 74.5 Å². The normalized spacial score (nSPS) is 14.5. The Hall–Kier alpha value is -2.60. The second kappa shape index (κ2) is 7.79. The highest BCUT2D eigenvalue weighted by molar-refractivity contribution is 5.74. The lowest BCUT2D eigenvalue weighted by molar-refractivity contribution is 0.194. The first-order chi connectivity index (χ1) is 11.8. The van der Waals surface area contributed by atoms with E-state index in [4.69, 9.17) is 5.73 Å². The van der Waals surface area contributed by atoms with E-state index < -0.39 is 0 Å². The molecule has 0 radical (unpaired) electrons. The molecule has 0 unspecified atom stereocenters. The molecule has 1 aromatic carbocycles. The average Bonchev–Trinajstić information content (AvgIpc) is 2.67. The first kappa shape index (κ1) is 16.3. The molecule has 0 atom stereocenters. The molecule has 1 fully saturated rings. The second-order valence-corrected chi connectivity index (χ2v) is 5.83. The quantitative estimate of drug-likeness (QED) is 0.895. The Bertz CT molecular complexity index is 668. The number of benzene rings is 1. The van der Waals surface area contributed by atoms with Gasteiger partial charge in [0.25, 0.3) is 0 Å². The smallest absolute Gasteiger partial charge is 0.317 e. The summed E-state index contributed by atoms with van der Waals surface area (Å²) in [6.07, 6.45) is 1.73. The third-order valence-electron chi connectivity index (χ3n) is 4.23. The number of nitrogens with zero attached hydrogens (tertiary/aromatic N) is 3. The van der Waals surface area contributed by atoms with Crippen molar-refractivity contribution in [3.05, 3.63) is 59.9 Å². The number of amides is 2. The molecule has 6 nitrogen and oxygen atoms in total. The number of pyridine rings is 1. The molecule has 2 aromatic rings. The van der Waals surface area contributed by atoms with Crippen molar-refractivity contribution in [3.8, 4) is 0 Å². The van der Waals surface area contributed by atoms with Gasteiger partial charge in [-0.15, -0.1) is 0 Å². The van der Waals surface area contributed by atoms with Crippen LogP contribution in [-0.4, -0.2) is 42.1 Å². The maximum absolute atomic E-state index is 12.3. The van der Waals surface area contributed by atoms with E-state index in [2.05, 4.69) is 27.3 Å². The summed E-state index contributed by atoms with van der Waals surface area (Å²) in [6, 6.07) is 13.9. The standard InChI is InChI=1S/C18H23N5O/c19-13-15-4-3-6-17(12-15)22-8-10-23(11-9-22)18(24)21-14-16-5-1-2-7-20-16/h1-7,12H,8-11,13-14,19H2,(H,21,24). The van der Waals surface area contributed by atoms with E-state index >= 15 is 0 Å². The average molecular weight is 325 g/mol. The van der Waals surface area contributed by atoms with Crippen molar-refractivity contribution in [2.24, 2.45) is 5.73 Å². The predicted octanol–water partition coefficient (Wildman–Crippen LogP) is 1.57. The van der Waals surface area contributed by atoms with Crippen LogP contribution in [0.5, 0.6) is 0 Å².